The van der Waals surface area contributed by atoms with Gasteiger partial charge in [-0.2, -0.15) is 5.26 Å². The number of nitrogens with one attached hydrogen (secondary N) is 1. The van der Waals surface area contributed by atoms with Crippen molar-refractivity contribution >= 4 is 11.6 Å². The zero-order valence-electron chi connectivity index (χ0n) is 6.75. The molecule has 3 N–H and O–H groups in total. The van der Waals surface area contributed by atoms with E-state index in [0.717, 1.165) is 0 Å². The van der Waals surface area contributed by atoms with Crippen LogP contribution in [-0.2, 0) is 0 Å². The molecule has 4 nitrogen and oxygen atoms in total. The molecule has 0 saturated heterocycles. The minimum atomic E-state index is -0.403. The fraction of sp³-hybridized carbons (Fsp3) is 0.250. The predicted octanol–water partition coefficient (Wildman–Crippen LogP) is 0.942. The van der Waals surface area contributed by atoms with Gasteiger partial charge < -0.3 is 10.7 Å². The van der Waals surface area contributed by atoms with E-state index in [2.05, 4.69) is 4.98 Å². The summed E-state index contributed by atoms with van der Waals surface area (Å²) < 4.78 is 0. The quantitative estimate of drug-likeness (QED) is 0.740. The van der Waals surface area contributed by atoms with Gasteiger partial charge in [-0.3, -0.25) is 4.79 Å². The Kier molecular flexibility index (Phi) is 3.07. The molecule has 0 unspecified atom stereocenters. The SMILES string of the molecule is N#CC[C@H](N)c1c[nH]c(=O)c(Cl)c1. The second kappa shape index (κ2) is 4.08. The summed E-state index contributed by atoms with van der Waals surface area (Å²) in [5, 5.41) is 8.48. The van der Waals surface area contributed by atoms with Crippen molar-refractivity contribution in [2.45, 2.75) is 12.5 Å². The van der Waals surface area contributed by atoms with Gasteiger partial charge in [-0.25, -0.2) is 0 Å². The average Bonchev–Trinajstić information content (AvgIpc) is 2.10. The van der Waals surface area contributed by atoms with E-state index in [0.29, 0.717) is 5.56 Å². The molecule has 1 rings (SSSR count). The van der Waals surface area contributed by atoms with E-state index in [-0.39, 0.29) is 17.0 Å². The van der Waals surface area contributed by atoms with Crippen molar-refractivity contribution in [3.8, 4) is 6.07 Å². The highest BCUT2D eigenvalue weighted by Crippen LogP contribution is 2.13. The van der Waals surface area contributed by atoms with Crippen LogP contribution >= 0.6 is 11.6 Å². The van der Waals surface area contributed by atoms with Gasteiger partial charge in [-0.05, 0) is 11.6 Å². The molecule has 0 radical (unpaired) electrons. The second-order valence-electron chi connectivity index (χ2n) is 2.58. The summed E-state index contributed by atoms with van der Waals surface area (Å²) in [6.07, 6.45) is 1.67. The van der Waals surface area contributed by atoms with E-state index >= 15 is 0 Å². The molecule has 68 valence electrons. The van der Waals surface area contributed by atoms with Crippen LogP contribution in [0.25, 0.3) is 0 Å². The first-order valence-electron chi connectivity index (χ1n) is 3.66. The van der Waals surface area contributed by atoms with Gasteiger partial charge in [0.25, 0.3) is 5.56 Å². The number of pyridine rings is 1. The lowest BCUT2D eigenvalue weighted by atomic mass is 10.1. The summed E-state index contributed by atoms with van der Waals surface area (Å²) >= 11 is 5.58. The Bertz CT molecular complexity index is 393. The molecule has 1 aromatic rings. The molecule has 0 aliphatic carbocycles. The summed E-state index contributed by atoms with van der Waals surface area (Å²) in [4.78, 5) is 13.3. The minimum absolute atomic E-state index is 0.0888. The molecular weight excluding hydrogens is 190 g/mol. The van der Waals surface area contributed by atoms with Crippen LogP contribution in [0, 0.1) is 11.3 Å². The van der Waals surface area contributed by atoms with E-state index in [9.17, 15) is 4.79 Å². The average molecular weight is 198 g/mol. The minimum Gasteiger partial charge on any atom is -0.327 e. The Labute approximate surface area is 79.9 Å². The number of nitrogens with zero attached hydrogens (tertiary/aromatic N) is 1. The lowest BCUT2D eigenvalue weighted by Gasteiger charge is -2.06. The number of hydrogen-bond acceptors (Lipinski definition) is 3. The largest absolute Gasteiger partial charge is 0.327 e. The Morgan fingerprint density at radius 1 is 1.77 bits per heavy atom. The number of nitrogens with two attached hydrogens (primary N) is 1. The van der Waals surface area contributed by atoms with Gasteiger partial charge in [0.05, 0.1) is 12.5 Å². The molecule has 0 aromatic carbocycles. The third-order valence-electron chi connectivity index (χ3n) is 1.62. The van der Waals surface area contributed by atoms with Gasteiger partial charge in [0.2, 0.25) is 0 Å². The van der Waals surface area contributed by atoms with Crippen molar-refractivity contribution in [1.29, 1.82) is 5.26 Å². The summed E-state index contributed by atoms with van der Waals surface area (Å²) in [6.45, 7) is 0. The summed E-state index contributed by atoms with van der Waals surface area (Å²) in [5.41, 5.74) is 5.93. The Hall–Kier alpha value is -1.31. The van der Waals surface area contributed by atoms with E-state index in [1.807, 2.05) is 6.07 Å². The Morgan fingerprint density at radius 3 is 3.00 bits per heavy atom. The van der Waals surface area contributed by atoms with E-state index < -0.39 is 6.04 Å². The molecule has 0 bridgehead atoms. The van der Waals surface area contributed by atoms with Crippen LogP contribution < -0.4 is 11.3 Å². The summed E-state index contributed by atoms with van der Waals surface area (Å²) in [6, 6.07) is 3.01. The van der Waals surface area contributed by atoms with Crippen LogP contribution in [0.4, 0.5) is 0 Å². The fourth-order valence-electron chi connectivity index (χ4n) is 0.902. The first-order valence-corrected chi connectivity index (χ1v) is 4.03. The molecule has 0 saturated carbocycles. The van der Waals surface area contributed by atoms with E-state index in [4.69, 9.17) is 22.6 Å². The Balaban J connectivity index is 2.98. The van der Waals surface area contributed by atoms with Crippen LogP contribution in [0.3, 0.4) is 0 Å². The summed E-state index contributed by atoms with van der Waals surface area (Å²) in [5.74, 6) is 0. The van der Waals surface area contributed by atoms with Gasteiger partial charge in [0, 0.05) is 12.2 Å². The maximum absolute atomic E-state index is 10.9. The molecule has 0 amide bonds. The predicted molar refractivity (Wildman–Crippen MR) is 49.2 cm³/mol. The fourth-order valence-corrected chi connectivity index (χ4v) is 1.08. The standard InChI is InChI=1S/C8H8ClN3O/c9-6-3-5(4-12-8(6)13)7(11)1-2-10/h3-4,7H,1,11H2,(H,12,13)/t7-/m0/s1. The number of nitriles is 1. The lowest BCUT2D eigenvalue weighted by Crippen LogP contribution is -2.13. The van der Waals surface area contributed by atoms with Gasteiger partial charge in [-0.15, -0.1) is 0 Å². The molecule has 1 atom stereocenters. The maximum Gasteiger partial charge on any atom is 0.266 e. The molecule has 0 fully saturated rings. The van der Waals surface area contributed by atoms with Gasteiger partial charge >= 0.3 is 0 Å². The molecular formula is C8H8ClN3O. The van der Waals surface area contributed by atoms with Crippen molar-refractivity contribution in [3.63, 3.8) is 0 Å². The van der Waals surface area contributed by atoms with Crippen molar-refractivity contribution < 1.29 is 0 Å². The maximum atomic E-state index is 10.9. The third-order valence-corrected chi connectivity index (χ3v) is 1.90. The van der Waals surface area contributed by atoms with Gasteiger partial charge in [0.15, 0.2) is 0 Å². The lowest BCUT2D eigenvalue weighted by molar-refractivity contribution is 0.743. The third kappa shape index (κ3) is 2.31. The molecule has 0 aliphatic rings. The zero-order valence-corrected chi connectivity index (χ0v) is 7.51. The molecule has 1 heterocycles. The topological polar surface area (TPSA) is 82.7 Å². The number of H-pyrrole nitrogens is 1. The highest BCUT2D eigenvalue weighted by molar-refractivity contribution is 6.30. The number of rotatable bonds is 2. The molecule has 0 spiro atoms. The zero-order chi connectivity index (χ0) is 9.84. The molecule has 0 aliphatic heterocycles. The van der Waals surface area contributed by atoms with Crippen LogP contribution in [0.5, 0.6) is 0 Å². The molecule has 13 heavy (non-hydrogen) atoms. The molecule has 1 aromatic heterocycles. The van der Waals surface area contributed by atoms with E-state index in [1.165, 1.54) is 12.3 Å². The number of halogens is 1. The normalized spacial score (nSPS) is 12.1. The van der Waals surface area contributed by atoms with Crippen LogP contribution in [0.1, 0.15) is 18.0 Å². The van der Waals surface area contributed by atoms with Gasteiger partial charge in [0.1, 0.15) is 5.02 Å². The van der Waals surface area contributed by atoms with Crippen LogP contribution in [0.2, 0.25) is 5.02 Å². The van der Waals surface area contributed by atoms with E-state index in [1.54, 1.807) is 0 Å². The van der Waals surface area contributed by atoms with Crippen molar-refractivity contribution in [2.24, 2.45) is 5.73 Å². The number of aromatic nitrogens is 1. The molecule has 5 heteroatoms. The van der Waals surface area contributed by atoms with Gasteiger partial charge in [-0.1, -0.05) is 11.6 Å². The van der Waals surface area contributed by atoms with Crippen molar-refractivity contribution in [3.05, 3.63) is 33.2 Å². The second-order valence-corrected chi connectivity index (χ2v) is 2.99. The van der Waals surface area contributed by atoms with Crippen LogP contribution in [0.15, 0.2) is 17.1 Å². The number of hydrogen-bond donors (Lipinski definition) is 2. The first kappa shape index (κ1) is 9.78. The van der Waals surface area contributed by atoms with Crippen LogP contribution in [-0.4, -0.2) is 4.98 Å². The van der Waals surface area contributed by atoms with Crippen molar-refractivity contribution in [1.82, 2.24) is 4.98 Å². The summed E-state index contributed by atoms with van der Waals surface area (Å²) in [7, 11) is 0. The Morgan fingerprint density at radius 2 is 2.46 bits per heavy atom. The highest BCUT2D eigenvalue weighted by atomic mass is 35.5. The smallest absolute Gasteiger partial charge is 0.266 e. The monoisotopic (exact) mass is 197 g/mol. The first-order chi connectivity index (χ1) is 6.15. The number of aromatic amines is 1. The highest BCUT2D eigenvalue weighted by Gasteiger charge is 2.06. The van der Waals surface area contributed by atoms with Crippen molar-refractivity contribution in [2.75, 3.05) is 0 Å².